The largest absolute Gasteiger partial charge is 0.339 e. The van der Waals surface area contributed by atoms with Gasteiger partial charge in [0.1, 0.15) is 0 Å². The zero-order valence-electron chi connectivity index (χ0n) is 15.2. The van der Waals surface area contributed by atoms with E-state index in [0.29, 0.717) is 5.82 Å². The molecular formula is C19H23N7O. The van der Waals surface area contributed by atoms with Gasteiger partial charge >= 0.3 is 0 Å². The van der Waals surface area contributed by atoms with Crippen molar-refractivity contribution in [3.63, 3.8) is 0 Å². The molecule has 0 radical (unpaired) electrons. The van der Waals surface area contributed by atoms with E-state index in [-0.39, 0.29) is 5.92 Å². The molecule has 0 amide bonds. The van der Waals surface area contributed by atoms with Crippen molar-refractivity contribution in [3.05, 3.63) is 47.9 Å². The molecule has 3 aromatic rings. The maximum absolute atomic E-state index is 5.58. The van der Waals surface area contributed by atoms with E-state index in [1.165, 1.54) is 5.69 Å². The number of nitrogens with zero attached hydrogens (tertiary/aromatic N) is 6. The Morgan fingerprint density at radius 2 is 2.30 bits per heavy atom. The van der Waals surface area contributed by atoms with E-state index in [0.717, 1.165) is 69.3 Å². The first kappa shape index (κ1) is 16.6. The van der Waals surface area contributed by atoms with Crippen LogP contribution in [-0.2, 0) is 19.6 Å². The predicted molar refractivity (Wildman–Crippen MR) is 98.7 cm³/mol. The SMILES string of the molecule is c1cncc(-c2noc(C3CCCN(Cc4cc5n(n4)CCNC5)C3)n2)c1. The first-order valence-electron chi connectivity index (χ1n) is 9.58. The molecule has 1 atom stereocenters. The van der Waals surface area contributed by atoms with Crippen LogP contribution in [0.25, 0.3) is 11.4 Å². The van der Waals surface area contributed by atoms with E-state index in [1.54, 1.807) is 12.4 Å². The second kappa shape index (κ2) is 7.21. The molecule has 5 rings (SSSR count). The Kier molecular flexibility index (Phi) is 4.43. The molecule has 3 aromatic heterocycles. The van der Waals surface area contributed by atoms with E-state index in [1.807, 2.05) is 12.1 Å². The van der Waals surface area contributed by atoms with Gasteiger partial charge in [0.05, 0.1) is 23.9 Å². The Labute approximate surface area is 157 Å². The second-order valence-electron chi connectivity index (χ2n) is 7.30. The molecule has 1 unspecified atom stereocenters. The second-order valence-corrected chi connectivity index (χ2v) is 7.30. The smallest absolute Gasteiger partial charge is 0.231 e. The monoisotopic (exact) mass is 365 g/mol. The summed E-state index contributed by atoms with van der Waals surface area (Å²) >= 11 is 0. The Bertz CT molecular complexity index is 880. The fourth-order valence-corrected chi connectivity index (χ4v) is 3.97. The van der Waals surface area contributed by atoms with Gasteiger partial charge in [0.15, 0.2) is 0 Å². The van der Waals surface area contributed by atoms with Crippen LogP contribution in [0.5, 0.6) is 0 Å². The van der Waals surface area contributed by atoms with Gasteiger partial charge in [-0.15, -0.1) is 0 Å². The lowest BCUT2D eigenvalue weighted by molar-refractivity contribution is 0.178. The molecule has 0 aromatic carbocycles. The van der Waals surface area contributed by atoms with Gasteiger partial charge < -0.3 is 9.84 Å². The maximum Gasteiger partial charge on any atom is 0.231 e. The lowest BCUT2D eigenvalue weighted by Crippen LogP contribution is -2.34. The van der Waals surface area contributed by atoms with Crippen LogP contribution in [0.4, 0.5) is 0 Å². The van der Waals surface area contributed by atoms with Crippen LogP contribution in [0.15, 0.2) is 35.1 Å². The zero-order chi connectivity index (χ0) is 18.1. The number of piperidine rings is 1. The predicted octanol–water partition coefficient (Wildman–Crippen LogP) is 1.81. The molecule has 140 valence electrons. The first-order chi connectivity index (χ1) is 13.3. The molecule has 0 bridgehead atoms. The summed E-state index contributed by atoms with van der Waals surface area (Å²) in [5.41, 5.74) is 3.32. The van der Waals surface area contributed by atoms with Crippen LogP contribution in [0.1, 0.15) is 36.0 Å². The standard InChI is InChI=1S/C19H23N7O/c1-3-14(10-20-5-1)18-22-19(27-24-18)15-4-2-7-25(12-15)13-16-9-17-11-21-6-8-26(17)23-16/h1,3,5,9-10,15,21H,2,4,6-8,11-13H2. The molecule has 0 saturated carbocycles. The summed E-state index contributed by atoms with van der Waals surface area (Å²) in [4.78, 5) is 11.2. The topological polar surface area (TPSA) is 84.9 Å². The van der Waals surface area contributed by atoms with Gasteiger partial charge in [-0.25, -0.2) is 0 Å². The van der Waals surface area contributed by atoms with Crippen molar-refractivity contribution in [1.82, 2.24) is 35.1 Å². The van der Waals surface area contributed by atoms with Crippen LogP contribution in [0, 0.1) is 0 Å². The Morgan fingerprint density at radius 1 is 1.30 bits per heavy atom. The summed E-state index contributed by atoms with van der Waals surface area (Å²) in [5, 5.41) is 12.3. The zero-order valence-corrected chi connectivity index (χ0v) is 15.2. The van der Waals surface area contributed by atoms with Crippen LogP contribution >= 0.6 is 0 Å². The summed E-state index contributed by atoms with van der Waals surface area (Å²) in [7, 11) is 0. The number of hydrogen-bond acceptors (Lipinski definition) is 7. The Hall–Kier alpha value is -2.58. The van der Waals surface area contributed by atoms with E-state index >= 15 is 0 Å². The van der Waals surface area contributed by atoms with Gasteiger partial charge in [-0.2, -0.15) is 10.1 Å². The Balaban J connectivity index is 1.27. The van der Waals surface area contributed by atoms with Gasteiger partial charge in [-0.3, -0.25) is 14.6 Å². The van der Waals surface area contributed by atoms with E-state index in [4.69, 9.17) is 9.62 Å². The number of likely N-dealkylation sites (tertiary alicyclic amines) is 1. The minimum absolute atomic E-state index is 0.274. The third kappa shape index (κ3) is 3.50. The number of pyridine rings is 1. The number of aromatic nitrogens is 5. The number of fused-ring (bicyclic) bond motifs is 1. The molecule has 27 heavy (non-hydrogen) atoms. The summed E-state index contributed by atoms with van der Waals surface area (Å²) in [6, 6.07) is 6.06. The lowest BCUT2D eigenvalue weighted by Gasteiger charge is -2.30. The minimum Gasteiger partial charge on any atom is -0.339 e. The first-order valence-corrected chi connectivity index (χ1v) is 9.58. The minimum atomic E-state index is 0.274. The van der Waals surface area contributed by atoms with Crippen molar-refractivity contribution in [3.8, 4) is 11.4 Å². The molecule has 8 nitrogen and oxygen atoms in total. The number of rotatable bonds is 4. The molecule has 0 aliphatic carbocycles. The molecule has 8 heteroatoms. The molecular weight excluding hydrogens is 342 g/mol. The number of nitrogens with one attached hydrogen (secondary N) is 1. The molecule has 0 spiro atoms. The van der Waals surface area contributed by atoms with Gasteiger partial charge in [0, 0.05) is 44.1 Å². The van der Waals surface area contributed by atoms with Crippen molar-refractivity contribution in [2.45, 2.75) is 38.4 Å². The van der Waals surface area contributed by atoms with Gasteiger partial charge in [0.2, 0.25) is 11.7 Å². The molecule has 2 aliphatic rings. The highest BCUT2D eigenvalue weighted by atomic mass is 16.5. The third-order valence-corrected chi connectivity index (χ3v) is 5.32. The maximum atomic E-state index is 5.58. The highest BCUT2D eigenvalue weighted by Gasteiger charge is 2.27. The van der Waals surface area contributed by atoms with E-state index in [2.05, 4.69) is 36.1 Å². The molecule has 2 aliphatic heterocycles. The van der Waals surface area contributed by atoms with Gasteiger partial charge in [-0.05, 0) is 37.6 Å². The van der Waals surface area contributed by atoms with Crippen LogP contribution in [-0.4, -0.2) is 49.4 Å². The fraction of sp³-hybridized carbons (Fsp3) is 0.474. The fourth-order valence-electron chi connectivity index (χ4n) is 3.97. The quantitative estimate of drug-likeness (QED) is 0.755. The Morgan fingerprint density at radius 3 is 3.19 bits per heavy atom. The lowest BCUT2D eigenvalue weighted by atomic mass is 9.98. The van der Waals surface area contributed by atoms with Gasteiger partial charge in [0.25, 0.3) is 0 Å². The average Bonchev–Trinajstić information content (AvgIpc) is 3.36. The van der Waals surface area contributed by atoms with Crippen LogP contribution < -0.4 is 5.32 Å². The third-order valence-electron chi connectivity index (χ3n) is 5.32. The van der Waals surface area contributed by atoms with Crippen molar-refractivity contribution in [1.29, 1.82) is 0 Å². The average molecular weight is 365 g/mol. The highest BCUT2D eigenvalue weighted by Crippen LogP contribution is 2.28. The normalized spacial score (nSPS) is 20.5. The highest BCUT2D eigenvalue weighted by molar-refractivity contribution is 5.51. The summed E-state index contributed by atoms with van der Waals surface area (Å²) < 4.78 is 7.71. The van der Waals surface area contributed by atoms with E-state index < -0.39 is 0 Å². The van der Waals surface area contributed by atoms with Crippen LogP contribution in [0.2, 0.25) is 0 Å². The van der Waals surface area contributed by atoms with Crippen LogP contribution in [0.3, 0.4) is 0 Å². The van der Waals surface area contributed by atoms with Crippen molar-refractivity contribution < 1.29 is 4.52 Å². The number of hydrogen-bond donors (Lipinski definition) is 1. The van der Waals surface area contributed by atoms with Crippen molar-refractivity contribution >= 4 is 0 Å². The van der Waals surface area contributed by atoms with Gasteiger partial charge in [-0.1, -0.05) is 5.16 Å². The van der Waals surface area contributed by atoms with E-state index in [9.17, 15) is 0 Å². The van der Waals surface area contributed by atoms with Crippen molar-refractivity contribution in [2.24, 2.45) is 0 Å². The summed E-state index contributed by atoms with van der Waals surface area (Å²) in [6.07, 6.45) is 5.71. The van der Waals surface area contributed by atoms with Crippen molar-refractivity contribution in [2.75, 3.05) is 19.6 Å². The molecule has 1 fully saturated rings. The summed E-state index contributed by atoms with van der Waals surface area (Å²) in [5.74, 6) is 1.62. The molecule has 5 heterocycles. The molecule has 1 N–H and O–H groups in total. The molecule has 1 saturated heterocycles. The summed E-state index contributed by atoms with van der Waals surface area (Å²) in [6.45, 7) is 5.75.